The maximum absolute atomic E-state index is 10.6. The molecule has 0 saturated carbocycles. The number of hydrogen-bond acceptors (Lipinski definition) is 3. The summed E-state index contributed by atoms with van der Waals surface area (Å²) in [5.74, 6) is -0.373. The monoisotopic (exact) mass is 164 g/mol. The summed E-state index contributed by atoms with van der Waals surface area (Å²) in [6, 6.07) is 1.73. The lowest BCUT2D eigenvalue weighted by molar-refractivity contribution is -0.544. The van der Waals surface area contributed by atoms with Crippen molar-refractivity contribution in [2.24, 2.45) is 5.92 Å². The van der Waals surface area contributed by atoms with Crippen molar-refractivity contribution in [2.45, 2.75) is 12.5 Å². The largest absolute Gasteiger partial charge is 0.329 e. The van der Waals surface area contributed by atoms with E-state index in [1.807, 2.05) is 0 Å². The van der Waals surface area contributed by atoms with Crippen molar-refractivity contribution in [3.05, 3.63) is 34.4 Å². The van der Waals surface area contributed by atoms with Gasteiger partial charge in [-0.1, -0.05) is 25.2 Å². The molecular weight excluding hydrogens is 156 g/mol. The van der Waals surface area contributed by atoms with Gasteiger partial charge in [-0.2, -0.15) is 5.26 Å². The minimum Gasteiger partial charge on any atom is -0.262 e. The fourth-order valence-corrected chi connectivity index (χ4v) is 1.14. The van der Waals surface area contributed by atoms with Crippen molar-refractivity contribution in [3.8, 4) is 6.07 Å². The Morgan fingerprint density at radius 1 is 1.67 bits per heavy atom. The number of nitrogens with zero attached hydrogens (tertiary/aromatic N) is 2. The van der Waals surface area contributed by atoms with Gasteiger partial charge in [0.25, 0.3) is 0 Å². The SMILES string of the molecule is CC1C=CC=CC1(C#N)[N+](=O)[O-]. The lowest BCUT2D eigenvalue weighted by Crippen LogP contribution is -2.41. The first-order valence-electron chi connectivity index (χ1n) is 3.55. The van der Waals surface area contributed by atoms with E-state index in [9.17, 15) is 10.1 Å². The van der Waals surface area contributed by atoms with E-state index in [0.29, 0.717) is 0 Å². The van der Waals surface area contributed by atoms with Crippen LogP contribution in [-0.2, 0) is 0 Å². The van der Waals surface area contributed by atoms with Crippen molar-refractivity contribution in [1.29, 1.82) is 5.26 Å². The van der Waals surface area contributed by atoms with Gasteiger partial charge in [0.15, 0.2) is 6.07 Å². The smallest absolute Gasteiger partial charge is 0.262 e. The standard InChI is InChI=1S/C8H8N2O2/c1-7-4-2-3-5-8(7,6-9)10(11)12/h2-5,7H,1H3. The predicted molar refractivity (Wildman–Crippen MR) is 42.8 cm³/mol. The molecule has 1 rings (SSSR count). The maximum Gasteiger partial charge on any atom is 0.329 e. The Morgan fingerprint density at radius 3 is 2.67 bits per heavy atom. The molecule has 0 N–H and O–H groups in total. The van der Waals surface area contributed by atoms with Crippen LogP contribution in [0.15, 0.2) is 24.3 Å². The highest BCUT2D eigenvalue weighted by atomic mass is 16.6. The molecule has 2 unspecified atom stereocenters. The van der Waals surface area contributed by atoms with Gasteiger partial charge >= 0.3 is 5.54 Å². The van der Waals surface area contributed by atoms with Gasteiger partial charge in [-0.15, -0.1) is 0 Å². The zero-order chi connectivity index (χ0) is 9.19. The molecule has 4 heteroatoms. The van der Waals surface area contributed by atoms with Crippen molar-refractivity contribution in [2.75, 3.05) is 0 Å². The number of hydrogen-bond donors (Lipinski definition) is 0. The van der Waals surface area contributed by atoms with Gasteiger partial charge in [0.1, 0.15) is 0 Å². The fourth-order valence-electron chi connectivity index (χ4n) is 1.14. The third-order valence-electron chi connectivity index (χ3n) is 2.04. The van der Waals surface area contributed by atoms with Crippen LogP contribution in [0.2, 0.25) is 0 Å². The zero-order valence-electron chi connectivity index (χ0n) is 6.60. The van der Waals surface area contributed by atoms with Gasteiger partial charge in [0.2, 0.25) is 0 Å². The second kappa shape index (κ2) is 2.78. The van der Waals surface area contributed by atoms with Gasteiger partial charge in [-0.05, 0) is 0 Å². The summed E-state index contributed by atoms with van der Waals surface area (Å²) < 4.78 is 0. The topological polar surface area (TPSA) is 66.9 Å². The Bertz CT molecular complexity index is 301. The van der Waals surface area contributed by atoms with Crippen molar-refractivity contribution < 1.29 is 4.92 Å². The van der Waals surface area contributed by atoms with Crippen LogP contribution in [0.4, 0.5) is 0 Å². The van der Waals surface area contributed by atoms with Crippen LogP contribution in [0, 0.1) is 27.4 Å². The zero-order valence-corrected chi connectivity index (χ0v) is 6.60. The number of rotatable bonds is 1. The molecular formula is C8H8N2O2. The molecule has 1 aliphatic carbocycles. The first-order chi connectivity index (χ1) is 5.63. The van der Waals surface area contributed by atoms with E-state index in [2.05, 4.69) is 0 Å². The van der Waals surface area contributed by atoms with Gasteiger partial charge in [-0.3, -0.25) is 10.1 Å². The second-order valence-electron chi connectivity index (χ2n) is 2.73. The van der Waals surface area contributed by atoms with Crippen LogP contribution in [0.1, 0.15) is 6.92 Å². The van der Waals surface area contributed by atoms with Crippen LogP contribution < -0.4 is 0 Å². The van der Waals surface area contributed by atoms with E-state index in [0.717, 1.165) is 0 Å². The minimum absolute atomic E-state index is 0.373. The van der Waals surface area contributed by atoms with Crippen molar-refractivity contribution in [3.63, 3.8) is 0 Å². The summed E-state index contributed by atoms with van der Waals surface area (Å²) in [6.45, 7) is 1.66. The Labute approximate surface area is 70.0 Å². The van der Waals surface area contributed by atoms with E-state index >= 15 is 0 Å². The quantitative estimate of drug-likeness (QED) is 0.433. The second-order valence-corrected chi connectivity index (χ2v) is 2.73. The van der Waals surface area contributed by atoms with E-state index < -0.39 is 10.5 Å². The summed E-state index contributed by atoms with van der Waals surface area (Å²) in [5.41, 5.74) is -1.56. The van der Waals surface area contributed by atoms with E-state index in [4.69, 9.17) is 5.26 Å². The summed E-state index contributed by atoms with van der Waals surface area (Å²) >= 11 is 0. The van der Waals surface area contributed by atoms with Crippen molar-refractivity contribution >= 4 is 0 Å². The number of nitro groups is 1. The molecule has 1 aliphatic rings. The molecule has 0 saturated heterocycles. The van der Waals surface area contributed by atoms with Crippen LogP contribution in [-0.4, -0.2) is 10.5 Å². The molecule has 0 fully saturated rings. The number of nitriles is 1. The number of allylic oxidation sites excluding steroid dienone is 2. The van der Waals surface area contributed by atoms with Gasteiger partial charge in [-0.25, -0.2) is 0 Å². The molecule has 12 heavy (non-hydrogen) atoms. The lowest BCUT2D eigenvalue weighted by atomic mass is 9.84. The Hall–Kier alpha value is -1.63. The maximum atomic E-state index is 10.6. The van der Waals surface area contributed by atoms with E-state index in [-0.39, 0.29) is 5.92 Å². The molecule has 2 atom stereocenters. The molecule has 0 aromatic carbocycles. The lowest BCUT2D eigenvalue weighted by Gasteiger charge is -2.20. The summed E-state index contributed by atoms with van der Waals surface area (Å²) in [5, 5.41) is 19.3. The van der Waals surface area contributed by atoms with Gasteiger partial charge in [0, 0.05) is 11.0 Å². The third-order valence-corrected chi connectivity index (χ3v) is 2.04. The van der Waals surface area contributed by atoms with Crippen LogP contribution in [0.25, 0.3) is 0 Å². The Balaban J connectivity index is 3.11. The van der Waals surface area contributed by atoms with Crippen LogP contribution >= 0.6 is 0 Å². The molecule has 0 amide bonds. The Kier molecular flexibility index (Phi) is 1.96. The summed E-state index contributed by atoms with van der Waals surface area (Å²) in [7, 11) is 0. The molecule has 62 valence electrons. The van der Waals surface area contributed by atoms with Crippen LogP contribution in [0.3, 0.4) is 0 Å². The highest BCUT2D eigenvalue weighted by Crippen LogP contribution is 2.26. The summed E-state index contributed by atoms with van der Waals surface area (Å²) in [6.07, 6.45) is 6.24. The highest BCUT2D eigenvalue weighted by Gasteiger charge is 2.46. The first kappa shape index (κ1) is 8.47. The molecule has 4 nitrogen and oxygen atoms in total. The normalized spacial score (nSPS) is 32.8. The highest BCUT2D eigenvalue weighted by molar-refractivity contribution is 5.28. The summed E-state index contributed by atoms with van der Waals surface area (Å²) in [4.78, 5) is 10.1. The molecule has 0 aliphatic heterocycles. The fraction of sp³-hybridized carbons (Fsp3) is 0.375. The van der Waals surface area contributed by atoms with Gasteiger partial charge < -0.3 is 0 Å². The molecule has 0 spiro atoms. The van der Waals surface area contributed by atoms with E-state index in [1.165, 1.54) is 12.2 Å². The third kappa shape index (κ3) is 0.996. The van der Waals surface area contributed by atoms with Crippen LogP contribution in [0.5, 0.6) is 0 Å². The molecule has 0 bridgehead atoms. The molecule has 0 heterocycles. The predicted octanol–water partition coefficient (Wildman–Crippen LogP) is 1.29. The molecule has 0 aromatic heterocycles. The average molecular weight is 164 g/mol. The van der Waals surface area contributed by atoms with Crippen molar-refractivity contribution in [1.82, 2.24) is 0 Å². The van der Waals surface area contributed by atoms with Gasteiger partial charge in [0.05, 0.1) is 5.92 Å². The molecule has 0 radical (unpaired) electrons. The Morgan fingerprint density at radius 2 is 2.33 bits per heavy atom. The molecule has 0 aromatic rings. The first-order valence-corrected chi connectivity index (χ1v) is 3.55. The average Bonchev–Trinajstić information content (AvgIpc) is 2.05. The minimum atomic E-state index is -1.56. The van der Waals surface area contributed by atoms with E-state index in [1.54, 1.807) is 25.1 Å².